The Hall–Kier alpha value is -5.27. The second kappa shape index (κ2) is 16.0. The molecule has 0 unspecified atom stereocenters. The molecule has 3 atom stereocenters. The SMILES string of the molecule is CC(C)(C#Cc1ccc(-c2ccc(Cl)c3c(NS(C)(=O)=O)nn(CC(F)F)c23)c([C@H](Cc2cc(F)cc(F)c2)NC(=O)Cn2nc(C(F)F)c3c2C(F)(F)[C@@H]2C[C@H]32)n1)S(=O)(=O)C1CC1. The van der Waals surface area contributed by atoms with Gasteiger partial charge in [0, 0.05) is 28.7 Å². The summed E-state index contributed by atoms with van der Waals surface area (Å²) in [4.78, 5) is 18.8. The topological polar surface area (TPSA) is 158 Å². The van der Waals surface area contributed by atoms with Gasteiger partial charge in [0.15, 0.2) is 15.7 Å². The number of nitrogens with one attached hydrogen (secondary N) is 2. The Morgan fingerprint density at radius 3 is 2.27 bits per heavy atom. The lowest BCUT2D eigenvalue weighted by Gasteiger charge is -2.23. The molecule has 12 nitrogen and oxygen atoms in total. The smallest absolute Gasteiger partial charge is 0.293 e. The molecular formula is C41H36ClF8N7O5S2. The highest BCUT2D eigenvalue weighted by atomic mass is 35.5. The van der Waals surface area contributed by atoms with Crippen LogP contribution in [-0.4, -0.2) is 70.0 Å². The molecule has 2 fully saturated rings. The third-order valence-electron chi connectivity index (χ3n) is 11.3. The maximum absolute atomic E-state index is 15.5. The minimum Gasteiger partial charge on any atom is -0.346 e. The molecule has 0 aliphatic heterocycles. The largest absolute Gasteiger partial charge is 0.346 e. The van der Waals surface area contributed by atoms with Crippen molar-refractivity contribution in [2.45, 2.75) is 93.4 Å². The molecule has 3 heterocycles. The van der Waals surface area contributed by atoms with E-state index in [-0.39, 0.29) is 56.0 Å². The van der Waals surface area contributed by atoms with Crippen LogP contribution in [0.3, 0.4) is 0 Å². The van der Waals surface area contributed by atoms with Gasteiger partial charge in [-0.05, 0) is 87.3 Å². The molecule has 23 heteroatoms. The number of sulfonamides is 1. The van der Waals surface area contributed by atoms with Crippen molar-refractivity contribution < 1.29 is 56.8 Å². The second-order valence-electron chi connectivity index (χ2n) is 16.5. The molecule has 2 saturated carbocycles. The average Bonchev–Trinajstić information content (AvgIpc) is 4.10. The Kier molecular flexibility index (Phi) is 11.3. The van der Waals surface area contributed by atoms with Crippen molar-refractivity contribution >= 4 is 54.1 Å². The normalized spacial score (nSPS) is 18.5. The fourth-order valence-corrected chi connectivity index (χ4v) is 10.8. The van der Waals surface area contributed by atoms with Gasteiger partial charge in [-0.25, -0.2) is 48.2 Å². The molecule has 5 aromatic rings. The number of anilines is 1. The fraction of sp³-hybridized carbons (Fsp3) is 0.415. The summed E-state index contributed by atoms with van der Waals surface area (Å²) in [6.07, 6.45) is -5.14. The summed E-state index contributed by atoms with van der Waals surface area (Å²) >= 11 is 6.56. The van der Waals surface area contributed by atoms with Gasteiger partial charge in [0.2, 0.25) is 15.9 Å². The van der Waals surface area contributed by atoms with Gasteiger partial charge in [0.1, 0.15) is 46.6 Å². The molecular weight excluding hydrogens is 922 g/mol. The Morgan fingerprint density at radius 2 is 1.64 bits per heavy atom. The number of aromatic nitrogens is 5. The summed E-state index contributed by atoms with van der Waals surface area (Å²) in [6, 6.07) is 6.25. The van der Waals surface area contributed by atoms with Crippen LogP contribution in [0.25, 0.3) is 22.0 Å². The molecule has 0 bridgehead atoms. The minimum atomic E-state index is -4.08. The van der Waals surface area contributed by atoms with E-state index in [0.29, 0.717) is 23.6 Å². The number of halogens is 9. The zero-order valence-corrected chi connectivity index (χ0v) is 36.1. The fourth-order valence-electron chi connectivity index (χ4n) is 8.26. The third kappa shape index (κ3) is 8.53. The molecule has 0 spiro atoms. The highest BCUT2D eigenvalue weighted by molar-refractivity contribution is 7.93. The summed E-state index contributed by atoms with van der Waals surface area (Å²) in [7, 11) is -7.83. The molecule has 3 aromatic heterocycles. The zero-order chi connectivity index (χ0) is 46.4. The lowest BCUT2D eigenvalue weighted by molar-refractivity contribution is -0.123. The number of nitrogens with zero attached hydrogens (tertiary/aromatic N) is 5. The number of carbonyl (C=O) groups excluding carboxylic acids is 1. The Labute approximate surface area is 365 Å². The number of sulfone groups is 1. The van der Waals surface area contributed by atoms with Gasteiger partial charge in [-0.2, -0.15) is 19.0 Å². The molecule has 64 heavy (non-hydrogen) atoms. The van der Waals surface area contributed by atoms with Gasteiger partial charge in [0.05, 0.1) is 39.2 Å². The van der Waals surface area contributed by atoms with Crippen LogP contribution in [0.4, 0.5) is 40.9 Å². The van der Waals surface area contributed by atoms with Crippen molar-refractivity contribution in [3.05, 3.63) is 93.0 Å². The van der Waals surface area contributed by atoms with E-state index in [0.717, 1.165) is 23.1 Å². The number of alkyl halides is 6. The van der Waals surface area contributed by atoms with Gasteiger partial charge in [-0.1, -0.05) is 23.6 Å². The van der Waals surface area contributed by atoms with Crippen LogP contribution in [0.1, 0.15) is 85.4 Å². The van der Waals surface area contributed by atoms with Crippen molar-refractivity contribution in [2.75, 3.05) is 11.0 Å². The number of carbonyl (C=O) groups is 1. The molecule has 3 aliphatic carbocycles. The molecule has 340 valence electrons. The molecule has 8 rings (SSSR count). The average molecular weight is 958 g/mol. The monoisotopic (exact) mass is 957 g/mol. The highest BCUT2D eigenvalue weighted by Crippen LogP contribution is 2.68. The van der Waals surface area contributed by atoms with E-state index < -0.39 is 121 Å². The number of hydrogen-bond donors (Lipinski definition) is 2. The van der Waals surface area contributed by atoms with Crippen LogP contribution >= 0.6 is 11.6 Å². The van der Waals surface area contributed by atoms with Crippen molar-refractivity contribution in [3.63, 3.8) is 0 Å². The van der Waals surface area contributed by atoms with Gasteiger partial charge in [-0.3, -0.25) is 18.9 Å². The third-order valence-corrected chi connectivity index (χ3v) is 15.1. The molecule has 2 N–H and O–H groups in total. The van der Waals surface area contributed by atoms with Crippen molar-refractivity contribution in [3.8, 4) is 23.0 Å². The van der Waals surface area contributed by atoms with E-state index in [1.54, 1.807) is 0 Å². The first-order chi connectivity index (χ1) is 29.9. The number of hydrogen-bond acceptors (Lipinski definition) is 8. The minimum absolute atomic E-state index is 0.00256. The second-order valence-corrected chi connectivity index (χ2v) is 21.5. The predicted octanol–water partition coefficient (Wildman–Crippen LogP) is 7.82. The van der Waals surface area contributed by atoms with Crippen LogP contribution in [-0.2, 0) is 50.1 Å². The van der Waals surface area contributed by atoms with Gasteiger partial charge < -0.3 is 5.32 Å². The van der Waals surface area contributed by atoms with E-state index >= 15 is 8.78 Å². The van der Waals surface area contributed by atoms with Crippen LogP contribution in [0.5, 0.6) is 0 Å². The van der Waals surface area contributed by atoms with Crippen molar-refractivity contribution in [1.29, 1.82) is 0 Å². The Morgan fingerprint density at radius 1 is 0.969 bits per heavy atom. The van der Waals surface area contributed by atoms with Gasteiger partial charge in [-0.15, -0.1) is 0 Å². The quantitative estimate of drug-likeness (QED) is 0.0843. The number of amides is 1. The van der Waals surface area contributed by atoms with E-state index in [1.165, 1.54) is 38.1 Å². The molecule has 0 saturated heterocycles. The lowest BCUT2D eigenvalue weighted by Crippen LogP contribution is -2.35. The molecule has 0 radical (unpaired) electrons. The zero-order valence-electron chi connectivity index (χ0n) is 33.7. The lowest BCUT2D eigenvalue weighted by atomic mass is 9.93. The van der Waals surface area contributed by atoms with E-state index in [9.17, 15) is 48.0 Å². The number of fused-ring (bicyclic) bond motifs is 4. The Balaban J connectivity index is 1.31. The van der Waals surface area contributed by atoms with Crippen molar-refractivity contribution in [1.82, 2.24) is 29.9 Å². The van der Waals surface area contributed by atoms with Crippen LogP contribution in [0.15, 0.2) is 42.5 Å². The maximum Gasteiger partial charge on any atom is 0.293 e. The van der Waals surface area contributed by atoms with E-state index in [4.69, 9.17) is 11.6 Å². The summed E-state index contributed by atoms with van der Waals surface area (Å²) in [6.45, 7) is 0.683. The first kappa shape index (κ1) is 45.3. The number of benzene rings is 2. The summed E-state index contributed by atoms with van der Waals surface area (Å²) < 4.78 is 170. The highest BCUT2D eigenvalue weighted by Gasteiger charge is 2.67. The van der Waals surface area contributed by atoms with Crippen molar-refractivity contribution in [2.24, 2.45) is 5.92 Å². The van der Waals surface area contributed by atoms with Gasteiger partial charge >= 0.3 is 0 Å². The molecule has 1 amide bonds. The summed E-state index contributed by atoms with van der Waals surface area (Å²) in [5, 5.41) is 9.53. The number of rotatable bonds is 14. The molecule has 2 aromatic carbocycles. The first-order valence-electron chi connectivity index (χ1n) is 19.6. The first-order valence-corrected chi connectivity index (χ1v) is 23.4. The van der Waals surface area contributed by atoms with Crippen LogP contribution in [0.2, 0.25) is 5.02 Å². The number of pyridine rings is 1. The van der Waals surface area contributed by atoms with E-state index in [2.05, 4.69) is 37.1 Å². The summed E-state index contributed by atoms with van der Waals surface area (Å²) in [5.74, 6) is -3.82. The Bertz CT molecular complexity index is 3020. The standard InChI is InChI=1S/C41H36ClF8N7O5S2/c1-40(2,64(61,62)23-5-6-23)11-10-22-4-7-24(25-8-9-28(42)33-36(25)56(17-30(45)46)54-39(33)55-63(3,59)60)34(51-22)29(14-19-12-20(43)15-21(44)13-19)52-31(58)18-57-37-32(35(53-57)38(47)48)26-16-27(26)41(37,49)50/h4,7-9,12-13,15,23,26-27,29-30,38H,5-6,14,16-18H2,1-3H3,(H,52,58)(H,54,55)/t26-,27+,29-/m0/s1. The van der Waals surface area contributed by atoms with Gasteiger partial charge in [0.25, 0.3) is 18.8 Å². The van der Waals surface area contributed by atoms with E-state index in [1.807, 2.05) is 0 Å². The summed E-state index contributed by atoms with van der Waals surface area (Å²) in [5.41, 5.74) is -2.62. The predicted molar refractivity (Wildman–Crippen MR) is 218 cm³/mol. The molecule has 3 aliphatic rings. The van der Waals surface area contributed by atoms with Crippen LogP contribution in [0, 0.1) is 29.4 Å². The maximum atomic E-state index is 15.5. The van der Waals surface area contributed by atoms with Crippen LogP contribution < -0.4 is 10.0 Å².